The van der Waals surface area contributed by atoms with Crippen LogP contribution >= 0.6 is 11.6 Å². The molecule has 0 bridgehead atoms. The number of carbonyl (C=O) groups excluding carboxylic acids is 1. The summed E-state index contributed by atoms with van der Waals surface area (Å²) in [6, 6.07) is 8.24. The van der Waals surface area contributed by atoms with Gasteiger partial charge in [-0.1, -0.05) is 31.5 Å². The normalized spacial score (nSPS) is 16.9. The zero-order valence-corrected chi connectivity index (χ0v) is 17.4. The van der Waals surface area contributed by atoms with E-state index in [-0.39, 0.29) is 21.9 Å². The fraction of sp³-hybridized carbons (Fsp3) is 0.364. The molecule has 0 radical (unpaired) electrons. The second kappa shape index (κ2) is 6.90. The molecule has 0 aliphatic carbocycles. The third-order valence-corrected chi connectivity index (χ3v) is 5.56. The number of hydrogen-bond donors (Lipinski definition) is 2. The first-order valence-corrected chi connectivity index (χ1v) is 9.44. The Labute approximate surface area is 169 Å². The Morgan fingerprint density at radius 3 is 2.39 bits per heavy atom. The molecule has 0 fully saturated rings. The zero-order chi connectivity index (χ0) is 20.9. The summed E-state index contributed by atoms with van der Waals surface area (Å²) in [6.45, 7) is 10.9. The van der Waals surface area contributed by atoms with Crippen LogP contribution < -0.4 is 5.32 Å². The van der Waals surface area contributed by atoms with E-state index in [1.807, 2.05) is 26.8 Å². The lowest BCUT2D eigenvalue weighted by molar-refractivity contribution is -0.0587. The van der Waals surface area contributed by atoms with E-state index in [9.17, 15) is 9.59 Å². The molecule has 3 rings (SSSR count). The molecule has 5 nitrogen and oxygen atoms in total. The molecule has 0 aromatic heterocycles. The van der Waals surface area contributed by atoms with Gasteiger partial charge in [-0.25, -0.2) is 4.79 Å². The van der Waals surface area contributed by atoms with Crippen LogP contribution in [0.5, 0.6) is 0 Å². The molecular weight excluding hydrogens is 378 g/mol. The quantitative estimate of drug-likeness (QED) is 0.746. The topological polar surface area (TPSA) is 75.6 Å². The van der Waals surface area contributed by atoms with Crippen molar-refractivity contribution in [1.82, 2.24) is 0 Å². The van der Waals surface area contributed by atoms with Crippen molar-refractivity contribution in [3.63, 3.8) is 0 Å². The number of rotatable bonds is 3. The lowest BCUT2D eigenvalue weighted by atomic mass is 9.75. The van der Waals surface area contributed by atoms with Crippen LogP contribution in [0.1, 0.15) is 65.1 Å². The molecule has 0 spiro atoms. The first kappa shape index (κ1) is 20.4. The Bertz CT molecular complexity index is 979. The maximum Gasteiger partial charge on any atom is 0.337 e. The predicted molar refractivity (Wildman–Crippen MR) is 110 cm³/mol. The Morgan fingerprint density at radius 1 is 1.11 bits per heavy atom. The van der Waals surface area contributed by atoms with E-state index in [1.54, 1.807) is 0 Å². The van der Waals surface area contributed by atoms with Gasteiger partial charge in [-0.15, -0.1) is 0 Å². The highest BCUT2D eigenvalue weighted by Gasteiger charge is 2.38. The van der Waals surface area contributed by atoms with Gasteiger partial charge < -0.3 is 15.2 Å². The molecule has 2 aromatic carbocycles. The molecule has 0 saturated carbocycles. The van der Waals surface area contributed by atoms with Gasteiger partial charge in [-0.2, -0.15) is 0 Å². The van der Waals surface area contributed by atoms with Gasteiger partial charge in [-0.05, 0) is 61.7 Å². The number of carbonyl (C=O) groups is 2. The summed E-state index contributed by atoms with van der Waals surface area (Å²) in [5, 5.41) is 12.0. The summed E-state index contributed by atoms with van der Waals surface area (Å²) < 4.78 is 6.05. The Hall–Kier alpha value is -2.37. The number of aromatic carboxylic acids is 1. The number of anilines is 1. The van der Waals surface area contributed by atoms with Crippen LogP contribution in [0.25, 0.3) is 0 Å². The number of carboxylic acids is 1. The highest BCUT2D eigenvalue weighted by molar-refractivity contribution is 6.34. The molecule has 0 unspecified atom stereocenters. The first-order valence-electron chi connectivity index (χ1n) is 9.06. The minimum atomic E-state index is -1.13. The Balaban J connectivity index is 1.96. The Morgan fingerprint density at radius 2 is 1.79 bits per heavy atom. The van der Waals surface area contributed by atoms with Gasteiger partial charge in [-0.3, -0.25) is 4.79 Å². The van der Waals surface area contributed by atoms with Gasteiger partial charge in [0.05, 0.1) is 22.8 Å². The molecule has 148 valence electrons. The number of nitrogens with one attached hydrogen (secondary N) is 1. The summed E-state index contributed by atoms with van der Waals surface area (Å²) in [6.07, 6.45) is 0. The standard InChI is InChI=1S/C22H24ClNO4/c1-12-8-16-15(21(2,3)11-28-22(16,4)5)10-18(12)24-19(25)13-6-7-14(20(26)27)17(23)9-13/h6-10H,11H2,1-5H3,(H,24,25)(H,26,27). The van der Waals surface area contributed by atoms with Crippen molar-refractivity contribution in [2.75, 3.05) is 11.9 Å². The molecule has 1 aliphatic rings. The zero-order valence-electron chi connectivity index (χ0n) is 16.6. The van der Waals surface area contributed by atoms with Gasteiger partial charge in [0.2, 0.25) is 0 Å². The van der Waals surface area contributed by atoms with Gasteiger partial charge in [0.25, 0.3) is 5.91 Å². The molecule has 6 heteroatoms. The molecule has 1 amide bonds. The van der Waals surface area contributed by atoms with Crippen molar-refractivity contribution in [1.29, 1.82) is 0 Å². The van der Waals surface area contributed by atoms with Crippen LogP contribution in [-0.2, 0) is 15.8 Å². The fourth-order valence-corrected chi connectivity index (χ4v) is 3.70. The van der Waals surface area contributed by atoms with Crippen molar-refractivity contribution in [2.45, 2.75) is 45.6 Å². The smallest absolute Gasteiger partial charge is 0.337 e. The van der Waals surface area contributed by atoms with Crippen molar-refractivity contribution in [3.05, 3.63) is 63.2 Å². The highest BCUT2D eigenvalue weighted by Crippen LogP contribution is 2.43. The SMILES string of the molecule is Cc1cc2c(cc1NC(=O)c1ccc(C(=O)O)c(Cl)c1)C(C)(C)COC2(C)C. The monoisotopic (exact) mass is 401 g/mol. The van der Waals surface area contributed by atoms with Crippen LogP contribution in [-0.4, -0.2) is 23.6 Å². The van der Waals surface area contributed by atoms with Crippen LogP contribution in [0.2, 0.25) is 5.02 Å². The molecular formula is C22H24ClNO4. The van der Waals surface area contributed by atoms with E-state index in [4.69, 9.17) is 21.4 Å². The average Bonchev–Trinajstić information content (AvgIpc) is 2.60. The number of hydrogen-bond acceptors (Lipinski definition) is 3. The summed E-state index contributed by atoms with van der Waals surface area (Å²) in [7, 11) is 0. The largest absolute Gasteiger partial charge is 0.478 e. The summed E-state index contributed by atoms with van der Waals surface area (Å²) in [5.41, 5.74) is 3.60. The number of fused-ring (bicyclic) bond motifs is 1. The van der Waals surface area contributed by atoms with Crippen LogP contribution in [0.15, 0.2) is 30.3 Å². The number of halogens is 1. The number of amides is 1. The van der Waals surface area contributed by atoms with Crippen LogP contribution in [0.3, 0.4) is 0 Å². The van der Waals surface area contributed by atoms with E-state index in [0.29, 0.717) is 17.9 Å². The predicted octanol–water partition coefficient (Wildman–Crippen LogP) is 5.14. The molecule has 1 aliphatic heterocycles. The number of benzene rings is 2. The van der Waals surface area contributed by atoms with Crippen molar-refractivity contribution < 1.29 is 19.4 Å². The second-order valence-electron chi connectivity index (χ2n) is 8.35. The molecule has 2 aromatic rings. The van der Waals surface area contributed by atoms with Crippen molar-refractivity contribution in [2.24, 2.45) is 0 Å². The van der Waals surface area contributed by atoms with Crippen molar-refractivity contribution >= 4 is 29.2 Å². The number of carboxylic acid groups (broad SMARTS) is 1. The van der Waals surface area contributed by atoms with Gasteiger partial charge in [0, 0.05) is 16.7 Å². The molecule has 0 saturated heterocycles. The average molecular weight is 402 g/mol. The molecule has 2 N–H and O–H groups in total. The molecule has 0 atom stereocenters. The number of ether oxygens (including phenoxy) is 1. The van der Waals surface area contributed by atoms with E-state index >= 15 is 0 Å². The maximum absolute atomic E-state index is 12.7. The first-order chi connectivity index (χ1) is 12.9. The maximum atomic E-state index is 12.7. The lowest BCUT2D eigenvalue weighted by Gasteiger charge is -2.42. The van der Waals surface area contributed by atoms with Gasteiger partial charge in [0.15, 0.2) is 0 Å². The Kier molecular flexibility index (Phi) is 5.02. The van der Waals surface area contributed by atoms with Gasteiger partial charge >= 0.3 is 5.97 Å². The summed E-state index contributed by atoms with van der Waals surface area (Å²) >= 11 is 5.99. The van der Waals surface area contributed by atoms with E-state index in [0.717, 1.165) is 16.7 Å². The van der Waals surface area contributed by atoms with Crippen LogP contribution in [0, 0.1) is 6.92 Å². The number of aryl methyl sites for hydroxylation is 1. The minimum Gasteiger partial charge on any atom is -0.478 e. The molecule has 28 heavy (non-hydrogen) atoms. The third kappa shape index (κ3) is 3.64. The van der Waals surface area contributed by atoms with Crippen molar-refractivity contribution in [3.8, 4) is 0 Å². The highest BCUT2D eigenvalue weighted by atomic mass is 35.5. The lowest BCUT2D eigenvalue weighted by Crippen LogP contribution is -2.40. The summed E-state index contributed by atoms with van der Waals surface area (Å²) in [4.78, 5) is 23.8. The van der Waals surface area contributed by atoms with E-state index in [1.165, 1.54) is 18.2 Å². The van der Waals surface area contributed by atoms with E-state index < -0.39 is 11.6 Å². The third-order valence-electron chi connectivity index (χ3n) is 5.25. The molecule has 1 heterocycles. The van der Waals surface area contributed by atoms with Gasteiger partial charge in [0.1, 0.15) is 0 Å². The van der Waals surface area contributed by atoms with E-state index in [2.05, 4.69) is 25.2 Å². The fourth-order valence-electron chi connectivity index (χ4n) is 3.44. The van der Waals surface area contributed by atoms with Crippen LogP contribution in [0.4, 0.5) is 5.69 Å². The summed E-state index contributed by atoms with van der Waals surface area (Å²) in [5.74, 6) is -1.47. The second-order valence-corrected chi connectivity index (χ2v) is 8.76. The minimum absolute atomic E-state index is 0.0299.